The van der Waals surface area contributed by atoms with Crippen LogP contribution < -0.4 is 4.90 Å². The summed E-state index contributed by atoms with van der Waals surface area (Å²) in [5, 5.41) is 1.01. The highest BCUT2D eigenvalue weighted by Crippen LogP contribution is 2.34. The van der Waals surface area contributed by atoms with Gasteiger partial charge < -0.3 is 0 Å². The number of benzene rings is 2. The quantitative estimate of drug-likeness (QED) is 0.324. The first-order chi connectivity index (χ1) is 15.7. The molecule has 0 radical (unpaired) electrons. The smallest absolute Gasteiger partial charge is 0.230 e. The molecule has 0 saturated heterocycles. The lowest BCUT2D eigenvalue weighted by molar-refractivity contribution is -0.118. The Balaban J connectivity index is 1.62. The van der Waals surface area contributed by atoms with Crippen LogP contribution in [0.2, 0.25) is 5.02 Å². The average molecular weight is 504 g/mol. The molecule has 4 aromatic rings. The van der Waals surface area contributed by atoms with Gasteiger partial charge in [0.15, 0.2) is 15.0 Å². The van der Waals surface area contributed by atoms with Crippen LogP contribution in [0.1, 0.15) is 17.7 Å². The molecule has 33 heavy (non-hydrogen) atoms. The van der Waals surface area contributed by atoms with Gasteiger partial charge in [-0.1, -0.05) is 29.0 Å². The second-order valence-corrected chi connectivity index (χ2v) is 10.9. The molecule has 0 unspecified atom stereocenters. The molecule has 4 rings (SSSR count). The van der Waals surface area contributed by atoms with Crippen molar-refractivity contribution in [1.29, 1.82) is 0 Å². The number of hydrogen-bond acceptors (Lipinski definition) is 6. The maximum absolute atomic E-state index is 13.2. The van der Waals surface area contributed by atoms with E-state index in [9.17, 15) is 17.6 Å². The number of carbonyl (C=O) groups excluding carboxylic acids is 1. The summed E-state index contributed by atoms with van der Waals surface area (Å²) in [5.41, 5.74) is 2.25. The topological polar surface area (TPSA) is 80.2 Å². The Morgan fingerprint density at radius 2 is 1.91 bits per heavy atom. The molecule has 2 aromatic carbocycles. The highest BCUT2D eigenvalue weighted by atomic mass is 35.5. The van der Waals surface area contributed by atoms with Gasteiger partial charge in [0.1, 0.15) is 5.82 Å². The van der Waals surface area contributed by atoms with Crippen LogP contribution in [0.5, 0.6) is 0 Å². The van der Waals surface area contributed by atoms with E-state index >= 15 is 0 Å². The van der Waals surface area contributed by atoms with Crippen LogP contribution >= 0.6 is 22.9 Å². The molecule has 6 nitrogen and oxygen atoms in total. The van der Waals surface area contributed by atoms with Gasteiger partial charge in [0.2, 0.25) is 5.91 Å². The van der Waals surface area contributed by atoms with Crippen LogP contribution in [0.25, 0.3) is 10.2 Å². The summed E-state index contributed by atoms with van der Waals surface area (Å²) in [6.45, 7) is 2.03. The third-order valence-electron chi connectivity index (χ3n) is 4.97. The van der Waals surface area contributed by atoms with Gasteiger partial charge in [0.25, 0.3) is 0 Å². The van der Waals surface area contributed by atoms with Gasteiger partial charge in [-0.25, -0.2) is 17.8 Å². The summed E-state index contributed by atoms with van der Waals surface area (Å²) in [6, 6.07) is 13.5. The highest BCUT2D eigenvalue weighted by Gasteiger charge is 2.24. The predicted octanol–water partition coefficient (Wildman–Crippen LogP) is 5.19. The first kappa shape index (κ1) is 23.3. The van der Waals surface area contributed by atoms with Crippen molar-refractivity contribution in [3.8, 4) is 0 Å². The third-order valence-corrected chi connectivity index (χ3v) is 7.95. The lowest BCUT2D eigenvalue weighted by atomic mass is 10.2. The van der Waals surface area contributed by atoms with Crippen molar-refractivity contribution in [2.75, 3.05) is 10.7 Å². The number of sulfone groups is 1. The Labute approximate surface area is 199 Å². The Kier molecular flexibility index (Phi) is 6.73. The Bertz CT molecular complexity index is 1410. The largest absolute Gasteiger partial charge is 0.282 e. The summed E-state index contributed by atoms with van der Waals surface area (Å²) < 4.78 is 39.3. The molecule has 0 aliphatic heterocycles. The van der Waals surface area contributed by atoms with Gasteiger partial charge in [0, 0.05) is 17.6 Å². The van der Waals surface area contributed by atoms with Crippen molar-refractivity contribution in [3.05, 3.63) is 82.9 Å². The van der Waals surface area contributed by atoms with Gasteiger partial charge in [-0.15, -0.1) is 0 Å². The zero-order valence-corrected chi connectivity index (χ0v) is 19.9. The van der Waals surface area contributed by atoms with Gasteiger partial charge in [-0.3, -0.25) is 14.7 Å². The number of thiazole rings is 1. The Hall–Kier alpha value is -2.88. The fraction of sp³-hybridized carbons (Fsp3) is 0.174. The van der Waals surface area contributed by atoms with E-state index < -0.39 is 27.3 Å². The summed E-state index contributed by atoms with van der Waals surface area (Å²) in [7, 11) is -3.76. The molecule has 0 spiro atoms. The van der Waals surface area contributed by atoms with Gasteiger partial charge >= 0.3 is 0 Å². The monoisotopic (exact) mass is 503 g/mol. The van der Waals surface area contributed by atoms with Gasteiger partial charge in [-0.05, 0) is 61.0 Å². The highest BCUT2D eigenvalue weighted by molar-refractivity contribution is 7.91. The number of aromatic nitrogens is 2. The maximum atomic E-state index is 13.2. The van der Waals surface area contributed by atoms with Crippen LogP contribution in [0, 0.1) is 12.7 Å². The SMILES string of the molecule is Cc1cc(Cl)cc2sc(N(Cc3ccccn3)C(=O)CCS(=O)(=O)c3ccc(F)cc3)nc12. The van der Waals surface area contributed by atoms with Crippen LogP contribution in [-0.2, 0) is 21.2 Å². The molecule has 0 aliphatic carbocycles. The van der Waals surface area contributed by atoms with E-state index in [1.165, 1.54) is 28.4 Å². The first-order valence-electron chi connectivity index (χ1n) is 9.98. The zero-order valence-electron chi connectivity index (χ0n) is 17.5. The number of pyridine rings is 1. The minimum Gasteiger partial charge on any atom is -0.282 e. The number of amides is 1. The van der Waals surface area contributed by atoms with Crippen LogP contribution in [0.3, 0.4) is 0 Å². The van der Waals surface area contributed by atoms with Crippen molar-refractivity contribution < 1.29 is 17.6 Å². The Morgan fingerprint density at radius 3 is 2.61 bits per heavy atom. The number of nitrogens with zero attached hydrogens (tertiary/aromatic N) is 3. The molecule has 0 bridgehead atoms. The van der Waals surface area contributed by atoms with Gasteiger partial charge in [0.05, 0.1) is 33.1 Å². The number of aryl methyl sites for hydroxylation is 1. The number of rotatable bonds is 7. The third kappa shape index (κ3) is 5.38. The molecular formula is C23H19ClFN3O3S2. The van der Waals surface area contributed by atoms with Crippen LogP contribution in [0.15, 0.2) is 65.7 Å². The molecular weight excluding hydrogens is 485 g/mol. The summed E-state index contributed by atoms with van der Waals surface area (Å²) in [5.74, 6) is -1.35. The first-order valence-corrected chi connectivity index (χ1v) is 12.8. The van der Waals surface area contributed by atoms with E-state index in [1.54, 1.807) is 30.5 Å². The lowest BCUT2D eigenvalue weighted by Gasteiger charge is -2.19. The second kappa shape index (κ2) is 9.54. The summed E-state index contributed by atoms with van der Waals surface area (Å²) in [6.07, 6.45) is 1.36. The molecule has 170 valence electrons. The number of anilines is 1. The average Bonchev–Trinajstić information content (AvgIpc) is 3.21. The molecule has 2 heterocycles. The molecule has 0 atom stereocenters. The number of halogens is 2. The minimum absolute atomic E-state index is 0.0294. The van der Waals surface area contributed by atoms with E-state index in [2.05, 4.69) is 9.97 Å². The second-order valence-electron chi connectivity index (χ2n) is 7.39. The molecule has 0 saturated carbocycles. The van der Waals surface area contributed by atoms with Crippen molar-refractivity contribution in [3.63, 3.8) is 0 Å². The fourth-order valence-corrected chi connectivity index (χ4v) is 5.96. The van der Waals surface area contributed by atoms with Crippen molar-refractivity contribution >= 4 is 54.0 Å². The molecule has 1 amide bonds. The van der Waals surface area contributed by atoms with E-state index in [-0.39, 0.29) is 17.9 Å². The Morgan fingerprint density at radius 1 is 1.15 bits per heavy atom. The van der Waals surface area contributed by atoms with Crippen molar-refractivity contribution in [1.82, 2.24) is 9.97 Å². The van der Waals surface area contributed by atoms with Crippen LogP contribution in [-0.4, -0.2) is 30.0 Å². The molecule has 2 aromatic heterocycles. The number of hydrogen-bond donors (Lipinski definition) is 0. The summed E-state index contributed by atoms with van der Waals surface area (Å²) >= 11 is 7.47. The maximum Gasteiger partial charge on any atom is 0.230 e. The molecule has 0 aliphatic rings. The number of fused-ring (bicyclic) bond motifs is 1. The standard InChI is InChI=1S/C23H19ClFN3O3S2/c1-15-12-16(24)13-20-22(15)27-23(32-20)28(14-18-4-2-3-10-26-18)21(29)9-11-33(30,31)19-7-5-17(25)6-8-19/h2-8,10,12-13H,9,11,14H2,1H3. The van der Waals surface area contributed by atoms with E-state index in [0.29, 0.717) is 15.8 Å². The lowest BCUT2D eigenvalue weighted by Crippen LogP contribution is -2.32. The molecule has 0 fully saturated rings. The fourth-order valence-electron chi connectivity index (χ4n) is 3.29. The predicted molar refractivity (Wildman–Crippen MR) is 128 cm³/mol. The van der Waals surface area contributed by atoms with Crippen LogP contribution in [0.4, 0.5) is 9.52 Å². The van der Waals surface area contributed by atoms with E-state index in [1.807, 2.05) is 13.0 Å². The van der Waals surface area contributed by atoms with E-state index in [0.717, 1.165) is 27.9 Å². The number of carbonyl (C=O) groups is 1. The van der Waals surface area contributed by atoms with Crippen molar-refractivity contribution in [2.45, 2.75) is 24.8 Å². The normalized spacial score (nSPS) is 11.6. The van der Waals surface area contributed by atoms with Gasteiger partial charge in [-0.2, -0.15) is 0 Å². The summed E-state index contributed by atoms with van der Waals surface area (Å²) in [4.78, 5) is 23.6. The van der Waals surface area contributed by atoms with E-state index in [4.69, 9.17) is 11.6 Å². The zero-order chi connectivity index (χ0) is 23.6. The van der Waals surface area contributed by atoms with Crippen molar-refractivity contribution in [2.24, 2.45) is 0 Å². The molecule has 10 heteroatoms. The molecule has 0 N–H and O–H groups in total. The minimum atomic E-state index is -3.76.